The van der Waals surface area contributed by atoms with Crippen LogP contribution in [0, 0.1) is 0 Å². The molecular formula is C14H15ClN2O2S. The lowest BCUT2D eigenvalue weighted by molar-refractivity contribution is 0.602. The minimum Gasteiger partial charge on any atom is -0.398 e. The highest BCUT2D eigenvalue weighted by Crippen LogP contribution is 2.26. The summed E-state index contributed by atoms with van der Waals surface area (Å²) < 4.78 is 23.1. The molecule has 3 N–H and O–H groups in total. The molecule has 0 heterocycles. The first-order chi connectivity index (χ1) is 9.38. The Balaban J connectivity index is 2.24. The number of sulfone groups is 1. The van der Waals surface area contributed by atoms with E-state index in [4.69, 9.17) is 17.3 Å². The van der Waals surface area contributed by atoms with Gasteiger partial charge in [0, 0.05) is 18.5 Å². The molecule has 2 aromatic carbocycles. The van der Waals surface area contributed by atoms with Crippen molar-refractivity contribution in [3.05, 3.63) is 53.1 Å². The molecule has 2 aromatic rings. The molecular weight excluding hydrogens is 296 g/mol. The van der Waals surface area contributed by atoms with Gasteiger partial charge >= 0.3 is 0 Å². The van der Waals surface area contributed by atoms with Crippen molar-refractivity contribution >= 4 is 32.8 Å². The van der Waals surface area contributed by atoms with E-state index in [2.05, 4.69) is 5.32 Å². The Bertz CT molecular complexity index is 730. The molecule has 0 bridgehead atoms. The molecule has 0 aliphatic carbocycles. The number of hydrogen-bond donors (Lipinski definition) is 2. The molecule has 0 aromatic heterocycles. The van der Waals surface area contributed by atoms with Crippen LogP contribution in [0.4, 0.5) is 11.4 Å². The van der Waals surface area contributed by atoms with Gasteiger partial charge in [-0.3, -0.25) is 0 Å². The summed E-state index contributed by atoms with van der Waals surface area (Å²) in [5, 5.41) is 3.57. The number of para-hydroxylation sites is 1. The van der Waals surface area contributed by atoms with E-state index in [1.54, 1.807) is 6.07 Å². The van der Waals surface area contributed by atoms with Crippen molar-refractivity contribution in [2.75, 3.05) is 17.3 Å². The molecule has 0 aliphatic rings. The second-order valence-electron chi connectivity index (χ2n) is 4.47. The number of halogens is 1. The van der Waals surface area contributed by atoms with Gasteiger partial charge in [-0.1, -0.05) is 29.8 Å². The molecule has 0 radical (unpaired) electrons. The topological polar surface area (TPSA) is 72.2 Å². The summed E-state index contributed by atoms with van der Waals surface area (Å²) in [5.74, 6) is 0. The molecule has 0 fully saturated rings. The van der Waals surface area contributed by atoms with Gasteiger partial charge in [0.05, 0.1) is 15.6 Å². The van der Waals surface area contributed by atoms with E-state index in [-0.39, 0.29) is 4.90 Å². The quantitative estimate of drug-likeness (QED) is 0.852. The number of hydrogen-bond acceptors (Lipinski definition) is 4. The fourth-order valence-electron chi connectivity index (χ4n) is 1.76. The smallest absolute Gasteiger partial charge is 0.175 e. The molecule has 4 nitrogen and oxygen atoms in total. The van der Waals surface area contributed by atoms with Gasteiger partial charge in [0.25, 0.3) is 0 Å². The Morgan fingerprint density at radius 1 is 1.20 bits per heavy atom. The number of nitrogens with one attached hydrogen (secondary N) is 1. The first kappa shape index (κ1) is 14.7. The second kappa shape index (κ2) is 5.73. The number of rotatable bonds is 4. The summed E-state index contributed by atoms with van der Waals surface area (Å²) in [6, 6.07) is 12.0. The molecule has 20 heavy (non-hydrogen) atoms. The van der Waals surface area contributed by atoms with Gasteiger partial charge < -0.3 is 11.1 Å². The van der Waals surface area contributed by atoms with Gasteiger partial charge in [-0.25, -0.2) is 8.42 Å². The van der Waals surface area contributed by atoms with Crippen LogP contribution < -0.4 is 11.1 Å². The molecule has 0 unspecified atom stereocenters. The zero-order valence-corrected chi connectivity index (χ0v) is 12.5. The lowest BCUT2D eigenvalue weighted by Crippen LogP contribution is -2.04. The van der Waals surface area contributed by atoms with E-state index < -0.39 is 9.84 Å². The summed E-state index contributed by atoms with van der Waals surface area (Å²) >= 11 is 6.06. The molecule has 0 spiro atoms. The summed E-state index contributed by atoms with van der Waals surface area (Å²) in [4.78, 5) is 0.227. The van der Waals surface area contributed by atoms with Gasteiger partial charge in [0.15, 0.2) is 9.84 Å². The number of nitrogen functional groups attached to an aromatic ring is 1. The van der Waals surface area contributed by atoms with Crippen LogP contribution in [0.5, 0.6) is 0 Å². The van der Waals surface area contributed by atoms with E-state index >= 15 is 0 Å². The van der Waals surface area contributed by atoms with Crippen molar-refractivity contribution in [1.29, 1.82) is 0 Å². The molecule has 106 valence electrons. The van der Waals surface area contributed by atoms with E-state index in [1.807, 2.05) is 24.3 Å². The van der Waals surface area contributed by atoms with Crippen LogP contribution in [-0.2, 0) is 16.4 Å². The third kappa shape index (κ3) is 3.43. The second-order valence-corrected chi connectivity index (χ2v) is 6.89. The van der Waals surface area contributed by atoms with Crippen molar-refractivity contribution in [3.8, 4) is 0 Å². The third-order valence-electron chi connectivity index (χ3n) is 2.89. The van der Waals surface area contributed by atoms with E-state index in [9.17, 15) is 8.42 Å². The highest BCUT2D eigenvalue weighted by atomic mass is 35.5. The first-order valence-electron chi connectivity index (χ1n) is 5.95. The predicted octanol–water partition coefficient (Wildman–Crippen LogP) is 2.94. The van der Waals surface area contributed by atoms with Gasteiger partial charge in [-0.15, -0.1) is 0 Å². The fourth-order valence-corrected chi connectivity index (χ4v) is 2.59. The molecule has 2 rings (SSSR count). The maximum absolute atomic E-state index is 11.5. The van der Waals surface area contributed by atoms with E-state index in [0.29, 0.717) is 22.9 Å². The van der Waals surface area contributed by atoms with Crippen LogP contribution in [0.1, 0.15) is 5.56 Å². The average molecular weight is 311 g/mol. The maximum atomic E-state index is 11.5. The van der Waals surface area contributed by atoms with Crippen molar-refractivity contribution in [3.63, 3.8) is 0 Å². The van der Waals surface area contributed by atoms with Crippen molar-refractivity contribution in [1.82, 2.24) is 0 Å². The lowest BCUT2D eigenvalue weighted by atomic mass is 10.2. The van der Waals surface area contributed by atoms with Crippen molar-refractivity contribution in [2.45, 2.75) is 11.4 Å². The predicted molar refractivity (Wildman–Crippen MR) is 82.7 cm³/mol. The van der Waals surface area contributed by atoms with E-state index in [0.717, 1.165) is 11.8 Å². The largest absolute Gasteiger partial charge is 0.398 e. The number of anilines is 2. The van der Waals surface area contributed by atoms with Crippen LogP contribution in [0.15, 0.2) is 47.4 Å². The van der Waals surface area contributed by atoms with Gasteiger partial charge in [0.1, 0.15) is 0 Å². The molecule has 6 heteroatoms. The number of benzene rings is 2. The minimum atomic E-state index is -3.26. The summed E-state index contributed by atoms with van der Waals surface area (Å²) in [5.41, 5.74) is 8.02. The Labute approximate surface area is 123 Å². The standard InChI is InChI=1S/C14H15ClN2O2S/c1-20(18,19)11-6-7-12(15)14(8-11)17-9-10-4-2-3-5-13(10)16/h2-8,17H,9,16H2,1H3. The monoisotopic (exact) mass is 310 g/mol. The highest BCUT2D eigenvalue weighted by Gasteiger charge is 2.10. The SMILES string of the molecule is CS(=O)(=O)c1ccc(Cl)c(NCc2ccccc2N)c1. The Morgan fingerprint density at radius 2 is 1.90 bits per heavy atom. The van der Waals surface area contributed by atoms with Crippen LogP contribution in [0.25, 0.3) is 0 Å². The van der Waals surface area contributed by atoms with Crippen molar-refractivity contribution in [2.24, 2.45) is 0 Å². The summed E-state index contributed by atoms with van der Waals surface area (Å²) in [6.07, 6.45) is 1.16. The van der Waals surface area contributed by atoms with E-state index in [1.165, 1.54) is 12.1 Å². The van der Waals surface area contributed by atoms with Gasteiger partial charge in [0.2, 0.25) is 0 Å². The third-order valence-corrected chi connectivity index (χ3v) is 4.33. The normalized spacial score (nSPS) is 11.3. The molecule has 0 atom stereocenters. The van der Waals surface area contributed by atoms with Crippen LogP contribution in [-0.4, -0.2) is 14.7 Å². The van der Waals surface area contributed by atoms with Crippen LogP contribution in [0.3, 0.4) is 0 Å². The zero-order valence-electron chi connectivity index (χ0n) is 10.9. The zero-order chi connectivity index (χ0) is 14.8. The van der Waals surface area contributed by atoms with Gasteiger partial charge in [-0.2, -0.15) is 0 Å². The molecule has 0 saturated heterocycles. The van der Waals surface area contributed by atoms with Crippen LogP contribution >= 0.6 is 11.6 Å². The first-order valence-corrected chi connectivity index (χ1v) is 8.22. The summed E-state index contributed by atoms with van der Waals surface area (Å²) in [6.45, 7) is 0.472. The fraction of sp³-hybridized carbons (Fsp3) is 0.143. The highest BCUT2D eigenvalue weighted by molar-refractivity contribution is 7.90. The maximum Gasteiger partial charge on any atom is 0.175 e. The molecule has 0 aliphatic heterocycles. The Morgan fingerprint density at radius 3 is 2.55 bits per heavy atom. The van der Waals surface area contributed by atoms with Crippen LogP contribution in [0.2, 0.25) is 5.02 Å². The van der Waals surface area contributed by atoms with Crippen molar-refractivity contribution < 1.29 is 8.42 Å². The Kier molecular flexibility index (Phi) is 4.20. The van der Waals surface area contributed by atoms with Gasteiger partial charge in [-0.05, 0) is 29.8 Å². The summed E-state index contributed by atoms with van der Waals surface area (Å²) in [7, 11) is -3.26. The molecule has 0 amide bonds. The lowest BCUT2D eigenvalue weighted by Gasteiger charge is -2.11. The number of nitrogens with two attached hydrogens (primary N) is 1. The Hall–Kier alpha value is -1.72. The average Bonchev–Trinajstić information content (AvgIpc) is 2.38. The minimum absolute atomic E-state index is 0.227. The molecule has 0 saturated carbocycles.